The van der Waals surface area contributed by atoms with Gasteiger partial charge in [-0.05, 0) is 32.6 Å². The van der Waals surface area contributed by atoms with E-state index in [1.165, 1.54) is 0 Å². The molecule has 1 aliphatic heterocycles. The van der Waals surface area contributed by atoms with Crippen molar-refractivity contribution in [3.05, 3.63) is 18.1 Å². The quantitative estimate of drug-likeness (QED) is 0.396. The van der Waals surface area contributed by atoms with Crippen LogP contribution in [0.15, 0.2) is 0 Å². The van der Waals surface area contributed by atoms with Gasteiger partial charge in [0.1, 0.15) is 6.10 Å². The zero-order valence-corrected chi connectivity index (χ0v) is 18.7. The Balaban J connectivity index is 0.00000169. The zero-order valence-electron chi connectivity index (χ0n) is 14.6. The molecule has 2 aliphatic rings. The molecule has 0 aromatic carbocycles. The normalized spacial score (nSPS) is 29.4. The number of rotatable bonds is 5. The van der Waals surface area contributed by atoms with E-state index in [2.05, 4.69) is 27.7 Å². The molecule has 1 aliphatic carbocycles. The van der Waals surface area contributed by atoms with E-state index in [1.807, 2.05) is 20.8 Å². The van der Waals surface area contributed by atoms with Crippen LogP contribution in [0.2, 0.25) is 0 Å². The van der Waals surface area contributed by atoms with Gasteiger partial charge >= 0.3 is 0 Å². The summed E-state index contributed by atoms with van der Waals surface area (Å²) in [6.07, 6.45) is 3.36. The Labute approximate surface area is 180 Å². The summed E-state index contributed by atoms with van der Waals surface area (Å²) in [5.41, 5.74) is 0.691. The molecular formula is C15H22N4O4Rh2S-2. The summed E-state index contributed by atoms with van der Waals surface area (Å²) < 4.78 is 34.6. The van der Waals surface area contributed by atoms with E-state index in [0.717, 1.165) is 0 Å². The van der Waals surface area contributed by atoms with Crippen LogP contribution in [-0.4, -0.2) is 48.2 Å². The molecule has 0 spiro atoms. The van der Waals surface area contributed by atoms with Crippen LogP contribution in [0, 0.1) is 25.2 Å². The first-order chi connectivity index (χ1) is 11.1. The number of aromatic nitrogens is 2. The van der Waals surface area contributed by atoms with Crippen LogP contribution in [-0.2, 0) is 58.5 Å². The Bertz CT molecular complexity index is 719. The second-order valence-corrected chi connectivity index (χ2v) is 8.58. The van der Waals surface area contributed by atoms with Crippen molar-refractivity contribution in [1.29, 1.82) is 0 Å². The summed E-state index contributed by atoms with van der Waals surface area (Å²) in [6, 6.07) is 2.97. The van der Waals surface area contributed by atoms with Gasteiger partial charge in [0.05, 0.1) is 11.9 Å². The van der Waals surface area contributed by atoms with Crippen LogP contribution < -0.4 is 10.5 Å². The van der Waals surface area contributed by atoms with Gasteiger partial charge in [-0.3, -0.25) is 5.69 Å². The van der Waals surface area contributed by atoms with Gasteiger partial charge in [0, 0.05) is 51.3 Å². The van der Waals surface area contributed by atoms with E-state index in [0.29, 0.717) is 24.4 Å². The summed E-state index contributed by atoms with van der Waals surface area (Å²) in [5.74, 6) is -0.178. The molecule has 3 rings (SSSR count). The van der Waals surface area contributed by atoms with Crippen molar-refractivity contribution in [2.75, 3.05) is 11.1 Å². The second-order valence-electron chi connectivity index (χ2n) is 6.85. The smallest absolute Gasteiger partial charge is 0.209 e. The minimum Gasteiger partial charge on any atom is -0.550 e. The van der Waals surface area contributed by atoms with E-state index < -0.39 is 15.8 Å². The van der Waals surface area contributed by atoms with Crippen molar-refractivity contribution < 1.29 is 56.8 Å². The molecular weight excluding hydrogens is 538 g/mol. The Morgan fingerprint density at radius 3 is 2.54 bits per heavy atom. The van der Waals surface area contributed by atoms with Gasteiger partial charge in [-0.1, -0.05) is 0 Å². The minimum absolute atomic E-state index is 0. The molecule has 4 atom stereocenters. The second kappa shape index (κ2) is 8.97. The van der Waals surface area contributed by atoms with Gasteiger partial charge in [0.2, 0.25) is 10.0 Å². The molecule has 11 heteroatoms. The molecule has 0 bridgehead atoms. The third kappa shape index (κ3) is 5.98. The van der Waals surface area contributed by atoms with Crippen molar-refractivity contribution in [3.8, 4) is 0 Å². The number of fused-ring (bicyclic) bond motifs is 1. The van der Waals surface area contributed by atoms with Crippen molar-refractivity contribution in [3.63, 3.8) is 0 Å². The molecule has 3 N–H and O–H groups in total. The first-order valence-electron chi connectivity index (χ1n) is 7.90. The van der Waals surface area contributed by atoms with E-state index in [-0.39, 0.29) is 68.9 Å². The maximum absolute atomic E-state index is 11.3. The van der Waals surface area contributed by atoms with Gasteiger partial charge in [0.25, 0.3) is 0 Å². The summed E-state index contributed by atoms with van der Waals surface area (Å²) >= 11 is 0. The fraction of sp³-hybridized carbons (Fsp3) is 0.733. The van der Waals surface area contributed by atoms with Gasteiger partial charge in [-0.15, -0.1) is 6.92 Å². The number of aryl methyl sites for hydroxylation is 1. The fourth-order valence-electron chi connectivity index (χ4n) is 3.45. The third-order valence-electron chi connectivity index (χ3n) is 4.36. The van der Waals surface area contributed by atoms with Gasteiger partial charge in [-0.25, -0.2) is 13.6 Å². The maximum Gasteiger partial charge on any atom is 0.209 e. The molecule has 2 radical (unpaired) electrons. The molecule has 0 unspecified atom stereocenters. The van der Waals surface area contributed by atoms with E-state index in [1.54, 1.807) is 0 Å². The topological polar surface area (TPSA) is 116 Å². The van der Waals surface area contributed by atoms with Gasteiger partial charge < -0.3 is 30.8 Å². The van der Waals surface area contributed by atoms with Crippen LogP contribution in [0.4, 0.5) is 5.82 Å². The summed E-state index contributed by atoms with van der Waals surface area (Å²) in [6.45, 7) is 5.52. The number of primary sulfonamides is 1. The first kappa shape index (κ1) is 24.0. The van der Waals surface area contributed by atoms with E-state index in [9.17, 15) is 8.42 Å². The maximum atomic E-state index is 11.3. The van der Waals surface area contributed by atoms with Crippen LogP contribution in [0.25, 0.3) is 0 Å². The molecule has 1 aromatic rings. The average molecular weight is 560 g/mol. The minimum atomic E-state index is -3.50. The Morgan fingerprint density at radius 2 is 1.92 bits per heavy atom. The molecule has 0 amide bonds. The first-order valence-corrected chi connectivity index (χ1v) is 9.61. The molecule has 2 heterocycles. The van der Waals surface area contributed by atoms with Crippen molar-refractivity contribution in [1.82, 2.24) is 9.97 Å². The molecule has 1 aromatic heterocycles. The predicted octanol–water partition coefficient (Wildman–Crippen LogP) is 0.380. The average Bonchev–Trinajstić information content (AvgIpc) is 2.91. The Kier molecular flexibility index (Phi) is 8.28. The van der Waals surface area contributed by atoms with Gasteiger partial charge in [0.15, 0.2) is 5.79 Å². The van der Waals surface area contributed by atoms with Crippen molar-refractivity contribution >= 4 is 15.8 Å². The van der Waals surface area contributed by atoms with E-state index in [4.69, 9.17) is 14.6 Å². The van der Waals surface area contributed by atoms with Crippen LogP contribution in [0.5, 0.6) is 0 Å². The molecule has 8 nitrogen and oxygen atoms in total. The van der Waals surface area contributed by atoms with Crippen LogP contribution in [0.1, 0.15) is 32.4 Å². The number of nitrogens with zero attached hydrogens (tertiary/aromatic N) is 2. The zero-order chi connectivity index (χ0) is 17.5. The van der Waals surface area contributed by atoms with Crippen molar-refractivity contribution in [2.45, 2.75) is 57.6 Å². The van der Waals surface area contributed by atoms with E-state index >= 15 is 0 Å². The number of hydrogen-bond acceptors (Lipinski definition) is 7. The van der Waals surface area contributed by atoms with Crippen molar-refractivity contribution in [2.24, 2.45) is 11.1 Å². The molecule has 2 fully saturated rings. The number of nitrogens with two attached hydrogens (primary N) is 1. The summed E-state index contributed by atoms with van der Waals surface area (Å²) in [5, 5.41) is 8.43. The molecule has 26 heavy (non-hydrogen) atoms. The molecule has 152 valence electrons. The number of ether oxygens (including phenoxy) is 2. The molecule has 1 saturated carbocycles. The summed E-state index contributed by atoms with van der Waals surface area (Å²) in [7, 11) is -3.50. The fourth-order valence-corrected chi connectivity index (χ4v) is 4.08. The standard InChI is InChI=1S/C15H22N4O4S.2Rh/c1-9-6-12(18-8-17-9)19-11-7-10(4-5-24(16,20)21)13-14(11)23-15(2,3)22-13;;/h10-11,13-14H,4-5,7H2,1-3H3,(H2,16,20,21)(H,17,18,19);;/q-2;;/t10-,11+,13+,14-;;/m0../s1. The monoisotopic (exact) mass is 560 g/mol. The Morgan fingerprint density at radius 1 is 1.27 bits per heavy atom. The molecule has 1 saturated heterocycles. The largest absolute Gasteiger partial charge is 0.550 e. The van der Waals surface area contributed by atoms with Crippen LogP contribution >= 0.6 is 0 Å². The predicted molar refractivity (Wildman–Crippen MR) is 86.4 cm³/mol. The number of sulfonamides is 1. The third-order valence-corrected chi connectivity index (χ3v) is 5.16. The van der Waals surface area contributed by atoms with Crippen LogP contribution in [0.3, 0.4) is 0 Å². The Hall–Kier alpha value is -0.0432. The van der Waals surface area contributed by atoms with Gasteiger partial charge in [-0.2, -0.15) is 5.82 Å². The summed E-state index contributed by atoms with van der Waals surface area (Å²) in [4.78, 5) is 7.96. The number of nitrogens with one attached hydrogen (secondary N) is 1. The number of anilines is 1. The SMILES string of the molecule is Cc1[c-]c(N[C@@H]2C[C@H](CCS(N)(=O)=O)[C@H]3OC(C)(C)O[C@H]32)n[c-]n1.[Rh].[Rh]. The number of hydrogen-bond donors (Lipinski definition) is 2.